The molecule has 1 aliphatic carbocycles. The lowest BCUT2D eigenvalue weighted by Gasteiger charge is -2.22. The first kappa shape index (κ1) is 14.6. The van der Waals surface area contributed by atoms with E-state index in [2.05, 4.69) is 42.5 Å². The maximum Gasteiger partial charge on any atom is 0.0659 e. The molecule has 0 bridgehead atoms. The zero-order valence-corrected chi connectivity index (χ0v) is 12.6. The number of fused-ring (bicyclic) bond motifs is 1. The van der Waals surface area contributed by atoms with Gasteiger partial charge >= 0.3 is 0 Å². The van der Waals surface area contributed by atoms with Gasteiger partial charge in [0.15, 0.2) is 0 Å². The molecule has 1 fully saturated rings. The highest BCUT2D eigenvalue weighted by molar-refractivity contribution is 5.86. The minimum atomic E-state index is -0.0420. The van der Waals surface area contributed by atoms with Gasteiger partial charge in [-0.2, -0.15) is 0 Å². The van der Waals surface area contributed by atoms with Crippen molar-refractivity contribution in [2.75, 3.05) is 13.2 Å². The Labute approximate surface area is 127 Å². The predicted octanol–water partition coefficient (Wildman–Crippen LogP) is 4.44. The monoisotopic (exact) mass is 283 g/mol. The number of hydrogen-bond donors (Lipinski definition) is 1. The fraction of sp³-hybridized carbons (Fsp3) is 0.474. The van der Waals surface area contributed by atoms with Crippen LogP contribution in [-0.2, 0) is 4.74 Å². The normalized spacial score (nSPS) is 18.0. The Morgan fingerprint density at radius 2 is 1.76 bits per heavy atom. The van der Waals surface area contributed by atoms with Crippen LogP contribution in [0, 0.1) is 5.92 Å². The predicted molar refractivity (Wildman–Crippen MR) is 88.3 cm³/mol. The molecule has 0 saturated heterocycles. The van der Waals surface area contributed by atoms with E-state index in [1.165, 1.54) is 48.4 Å². The molecule has 1 aliphatic rings. The summed E-state index contributed by atoms with van der Waals surface area (Å²) in [5, 5.41) is 2.49. The molecule has 0 aromatic heterocycles. The Kier molecular flexibility index (Phi) is 4.89. The molecule has 1 saturated carbocycles. The van der Waals surface area contributed by atoms with Crippen LogP contribution in [0.3, 0.4) is 0 Å². The van der Waals surface area contributed by atoms with Crippen LogP contribution in [0.25, 0.3) is 10.8 Å². The Morgan fingerprint density at radius 1 is 1.00 bits per heavy atom. The Morgan fingerprint density at radius 3 is 2.62 bits per heavy atom. The highest BCUT2D eigenvalue weighted by Crippen LogP contribution is 2.25. The summed E-state index contributed by atoms with van der Waals surface area (Å²) in [4.78, 5) is 0. The molecule has 0 heterocycles. The number of rotatable bonds is 5. The third kappa shape index (κ3) is 3.63. The van der Waals surface area contributed by atoms with Gasteiger partial charge in [-0.25, -0.2) is 0 Å². The minimum absolute atomic E-state index is 0.0420. The zero-order valence-electron chi connectivity index (χ0n) is 12.6. The van der Waals surface area contributed by atoms with Gasteiger partial charge in [-0.3, -0.25) is 0 Å². The van der Waals surface area contributed by atoms with Crippen LogP contribution in [0.2, 0.25) is 0 Å². The van der Waals surface area contributed by atoms with E-state index < -0.39 is 0 Å². The van der Waals surface area contributed by atoms with Crippen molar-refractivity contribution in [1.29, 1.82) is 0 Å². The largest absolute Gasteiger partial charge is 0.379 e. The molecule has 2 nitrogen and oxygen atoms in total. The van der Waals surface area contributed by atoms with E-state index in [9.17, 15) is 0 Å². The fourth-order valence-electron chi connectivity index (χ4n) is 3.38. The van der Waals surface area contributed by atoms with Crippen LogP contribution in [-0.4, -0.2) is 13.2 Å². The summed E-state index contributed by atoms with van der Waals surface area (Å²) in [6, 6.07) is 14.7. The molecule has 112 valence electrons. The van der Waals surface area contributed by atoms with E-state index in [0.29, 0.717) is 6.61 Å². The van der Waals surface area contributed by atoms with Crippen molar-refractivity contribution in [3.8, 4) is 0 Å². The topological polar surface area (TPSA) is 35.2 Å². The van der Waals surface area contributed by atoms with E-state index in [0.717, 1.165) is 12.5 Å². The SMILES string of the molecule is NC(COCC1CCCCC1)c1cccc2ccccc12. The van der Waals surface area contributed by atoms with Gasteiger partial charge in [-0.05, 0) is 35.1 Å². The summed E-state index contributed by atoms with van der Waals surface area (Å²) in [5.41, 5.74) is 7.54. The molecule has 0 radical (unpaired) electrons. The lowest BCUT2D eigenvalue weighted by Crippen LogP contribution is -2.21. The van der Waals surface area contributed by atoms with Gasteiger partial charge in [0.25, 0.3) is 0 Å². The minimum Gasteiger partial charge on any atom is -0.379 e. The average Bonchev–Trinajstić information content (AvgIpc) is 2.55. The van der Waals surface area contributed by atoms with Crippen molar-refractivity contribution >= 4 is 10.8 Å². The summed E-state index contributed by atoms with van der Waals surface area (Å²) in [5.74, 6) is 0.749. The van der Waals surface area contributed by atoms with E-state index in [4.69, 9.17) is 10.5 Å². The summed E-state index contributed by atoms with van der Waals surface area (Å²) >= 11 is 0. The summed E-state index contributed by atoms with van der Waals surface area (Å²) < 4.78 is 5.91. The van der Waals surface area contributed by atoms with Crippen molar-refractivity contribution in [3.05, 3.63) is 48.0 Å². The van der Waals surface area contributed by atoms with E-state index in [1.807, 2.05) is 0 Å². The molecule has 2 N–H and O–H groups in total. The van der Waals surface area contributed by atoms with Gasteiger partial charge in [-0.1, -0.05) is 61.7 Å². The molecule has 1 unspecified atom stereocenters. The molecule has 21 heavy (non-hydrogen) atoms. The maximum absolute atomic E-state index is 6.35. The summed E-state index contributed by atoms with van der Waals surface area (Å²) in [6.07, 6.45) is 6.77. The standard InChI is InChI=1S/C19H25NO/c20-19(14-21-13-15-7-2-1-3-8-15)18-12-6-10-16-9-4-5-11-17(16)18/h4-6,9-12,15,19H,1-3,7-8,13-14,20H2. The van der Waals surface area contributed by atoms with Crippen molar-refractivity contribution in [1.82, 2.24) is 0 Å². The highest BCUT2D eigenvalue weighted by Gasteiger charge is 2.15. The zero-order chi connectivity index (χ0) is 14.5. The van der Waals surface area contributed by atoms with Gasteiger partial charge in [0.1, 0.15) is 0 Å². The number of nitrogens with two attached hydrogens (primary N) is 1. The van der Waals surface area contributed by atoms with Gasteiger partial charge in [0.05, 0.1) is 12.6 Å². The first-order chi connectivity index (χ1) is 10.3. The molecule has 3 rings (SSSR count). The second-order valence-corrected chi connectivity index (χ2v) is 6.22. The highest BCUT2D eigenvalue weighted by atomic mass is 16.5. The Hall–Kier alpha value is -1.38. The third-order valence-corrected chi connectivity index (χ3v) is 4.60. The van der Waals surface area contributed by atoms with Crippen LogP contribution < -0.4 is 5.73 Å². The molecule has 0 aliphatic heterocycles. The average molecular weight is 283 g/mol. The third-order valence-electron chi connectivity index (χ3n) is 4.60. The van der Waals surface area contributed by atoms with Crippen molar-refractivity contribution in [2.45, 2.75) is 38.1 Å². The summed E-state index contributed by atoms with van der Waals surface area (Å²) in [7, 11) is 0. The summed E-state index contributed by atoms with van der Waals surface area (Å²) in [6.45, 7) is 1.49. The Balaban J connectivity index is 1.60. The first-order valence-corrected chi connectivity index (χ1v) is 8.15. The van der Waals surface area contributed by atoms with Gasteiger partial charge < -0.3 is 10.5 Å². The van der Waals surface area contributed by atoms with Crippen molar-refractivity contribution in [2.24, 2.45) is 11.7 Å². The quantitative estimate of drug-likeness (QED) is 0.880. The number of hydrogen-bond acceptors (Lipinski definition) is 2. The van der Waals surface area contributed by atoms with Gasteiger partial charge in [0.2, 0.25) is 0 Å². The Bertz CT molecular complexity index is 569. The van der Waals surface area contributed by atoms with Gasteiger partial charge in [0, 0.05) is 6.61 Å². The van der Waals surface area contributed by atoms with Crippen LogP contribution >= 0.6 is 0 Å². The second kappa shape index (κ2) is 7.06. The van der Waals surface area contributed by atoms with E-state index in [1.54, 1.807) is 0 Å². The number of ether oxygens (including phenoxy) is 1. The fourth-order valence-corrected chi connectivity index (χ4v) is 3.38. The maximum atomic E-state index is 6.35. The molecular formula is C19H25NO. The molecule has 2 aromatic carbocycles. The lowest BCUT2D eigenvalue weighted by atomic mass is 9.90. The smallest absolute Gasteiger partial charge is 0.0659 e. The second-order valence-electron chi connectivity index (χ2n) is 6.22. The molecule has 2 heteroatoms. The molecular weight excluding hydrogens is 258 g/mol. The molecule has 0 spiro atoms. The van der Waals surface area contributed by atoms with Gasteiger partial charge in [-0.15, -0.1) is 0 Å². The van der Waals surface area contributed by atoms with Crippen LogP contribution in [0.5, 0.6) is 0 Å². The van der Waals surface area contributed by atoms with Crippen LogP contribution in [0.15, 0.2) is 42.5 Å². The van der Waals surface area contributed by atoms with E-state index >= 15 is 0 Å². The van der Waals surface area contributed by atoms with Crippen molar-refractivity contribution < 1.29 is 4.74 Å². The molecule has 0 amide bonds. The van der Waals surface area contributed by atoms with Crippen LogP contribution in [0.1, 0.15) is 43.7 Å². The first-order valence-electron chi connectivity index (χ1n) is 8.15. The molecule has 1 atom stereocenters. The lowest BCUT2D eigenvalue weighted by molar-refractivity contribution is 0.0761. The van der Waals surface area contributed by atoms with Crippen LogP contribution in [0.4, 0.5) is 0 Å². The van der Waals surface area contributed by atoms with E-state index in [-0.39, 0.29) is 6.04 Å². The van der Waals surface area contributed by atoms with Crippen molar-refractivity contribution in [3.63, 3.8) is 0 Å². The molecule has 2 aromatic rings. The number of benzene rings is 2.